The van der Waals surface area contributed by atoms with Crippen LogP contribution in [-0.2, 0) is 16.1 Å². The molecule has 0 saturated carbocycles. The summed E-state index contributed by atoms with van der Waals surface area (Å²) in [5.74, 6) is -0.276. The molecule has 0 amide bonds. The second-order valence-corrected chi connectivity index (χ2v) is 6.28. The lowest BCUT2D eigenvalue weighted by Crippen LogP contribution is -2.34. The molecule has 2 atom stereocenters. The largest absolute Gasteiger partial charge is 0.465 e. The topological polar surface area (TPSA) is 98.1 Å². The van der Waals surface area contributed by atoms with Gasteiger partial charge in [0, 0.05) is 36.9 Å². The van der Waals surface area contributed by atoms with E-state index in [9.17, 15) is 9.59 Å². The van der Waals surface area contributed by atoms with Crippen LogP contribution < -0.4 is 16.2 Å². The molecule has 138 valence electrons. The zero-order valence-corrected chi connectivity index (χ0v) is 15.1. The summed E-state index contributed by atoms with van der Waals surface area (Å²) in [4.78, 5) is 32.9. The van der Waals surface area contributed by atoms with Crippen molar-refractivity contribution >= 4 is 23.4 Å². The van der Waals surface area contributed by atoms with Crippen LogP contribution in [0.2, 0.25) is 5.15 Å². The maximum Gasteiger partial charge on any atom is 0.326 e. The number of carbonyl (C=O) groups is 1. The van der Waals surface area contributed by atoms with Crippen LogP contribution in [0.5, 0.6) is 0 Å². The van der Waals surface area contributed by atoms with Crippen molar-refractivity contribution in [3.8, 4) is 0 Å². The molecule has 0 bridgehead atoms. The van der Waals surface area contributed by atoms with Gasteiger partial charge < -0.3 is 15.4 Å². The molecule has 9 heteroatoms. The first-order chi connectivity index (χ1) is 12.6. The minimum Gasteiger partial charge on any atom is -0.465 e. The van der Waals surface area contributed by atoms with E-state index in [0.29, 0.717) is 6.54 Å². The Balaban J connectivity index is 1.81. The Morgan fingerprint density at radius 1 is 1.42 bits per heavy atom. The van der Waals surface area contributed by atoms with Crippen molar-refractivity contribution in [1.29, 1.82) is 0 Å². The van der Waals surface area contributed by atoms with Crippen LogP contribution in [0.3, 0.4) is 0 Å². The number of carbonyl (C=O) groups excluding carboxylic acids is 1. The molecule has 8 nitrogen and oxygen atoms in total. The highest BCUT2D eigenvalue weighted by molar-refractivity contribution is 6.29. The van der Waals surface area contributed by atoms with E-state index in [-0.39, 0.29) is 36.1 Å². The Hall–Kier alpha value is -2.45. The summed E-state index contributed by atoms with van der Waals surface area (Å²) in [5.41, 5.74) is 0.480. The molecule has 0 aliphatic carbocycles. The van der Waals surface area contributed by atoms with Gasteiger partial charge in [0.25, 0.3) is 5.56 Å². The highest BCUT2D eigenvalue weighted by Gasteiger charge is 2.30. The Bertz CT molecular complexity index is 827. The standard InChI is InChI=1S/C17H20ClN5O3/c1-2-26-15(24)10-23-14(18)9-21-16(17(23)25)22-13-8-19-7-11(13)12-5-3-4-6-20-12/h3-6,9,11,13,19H,2,7-8,10H2,1H3,(H,21,22). The van der Waals surface area contributed by atoms with E-state index < -0.39 is 11.5 Å². The highest BCUT2D eigenvalue weighted by Crippen LogP contribution is 2.23. The second kappa shape index (κ2) is 8.29. The predicted octanol–water partition coefficient (Wildman–Crippen LogP) is 1.02. The van der Waals surface area contributed by atoms with Gasteiger partial charge in [-0.2, -0.15) is 0 Å². The molecular formula is C17H20ClN5O3. The summed E-state index contributed by atoms with van der Waals surface area (Å²) >= 11 is 6.03. The molecular weight excluding hydrogens is 358 g/mol. The molecule has 2 N–H and O–H groups in total. The fraction of sp³-hybridized carbons (Fsp3) is 0.412. The van der Waals surface area contributed by atoms with E-state index in [1.807, 2.05) is 18.2 Å². The van der Waals surface area contributed by atoms with Crippen molar-refractivity contribution in [2.45, 2.75) is 25.4 Å². The van der Waals surface area contributed by atoms with Gasteiger partial charge in [-0.15, -0.1) is 0 Å². The van der Waals surface area contributed by atoms with E-state index in [1.165, 1.54) is 6.20 Å². The lowest BCUT2D eigenvalue weighted by atomic mass is 9.99. The van der Waals surface area contributed by atoms with E-state index >= 15 is 0 Å². The van der Waals surface area contributed by atoms with E-state index in [0.717, 1.165) is 16.8 Å². The minimum atomic E-state index is -0.525. The molecule has 3 rings (SSSR count). The minimum absolute atomic E-state index is 0.0534. The van der Waals surface area contributed by atoms with Crippen molar-refractivity contribution in [3.63, 3.8) is 0 Å². The number of hydrogen-bond donors (Lipinski definition) is 2. The third kappa shape index (κ3) is 4.03. The maximum atomic E-state index is 12.7. The van der Waals surface area contributed by atoms with Crippen LogP contribution >= 0.6 is 11.6 Å². The first-order valence-corrected chi connectivity index (χ1v) is 8.77. The Morgan fingerprint density at radius 2 is 2.27 bits per heavy atom. The first-order valence-electron chi connectivity index (χ1n) is 8.39. The molecule has 3 heterocycles. The van der Waals surface area contributed by atoms with Crippen LogP contribution in [0.15, 0.2) is 35.4 Å². The summed E-state index contributed by atoms with van der Waals surface area (Å²) in [6, 6.07) is 5.70. The van der Waals surface area contributed by atoms with Gasteiger partial charge in [-0.1, -0.05) is 17.7 Å². The van der Waals surface area contributed by atoms with Crippen LogP contribution in [0.4, 0.5) is 5.82 Å². The highest BCUT2D eigenvalue weighted by atomic mass is 35.5. The summed E-state index contributed by atoms with van der Waals surface area (Å²) in [7, 11) is 0. The molecule has 1 fully saturated rings. The van der Waals surface area contributed by atoms with E-state index in [1.54, 1.807) is 13.1 Å². The van der Waals surface area contributed by atoms with Gasteiger partial charge in [0.2, 0.25) is 0 Å². The summed E-state index contributed by atoms with van der Waals surface area (Å²) < 4.78 is 6.03. The van der Waals surface area contributed by atoms with Gasteiger partial charge in [0.15, 0.2) is 5.82 Å². The van der Waals surface area contributed by atoms with Crippen molar-refractivity contribution in [2.24, 2.45) is 0 Å². The van der Waals surface area contributed by atoms with Gasteiger partial charge >= 0.3 is 5.97 Å². The summed E-state index contributed by atoms with van der Waals surface area (Å²) in [5, 5.41) is 6.55. The summed E-state index contributed by atoms with van der Waals surface area (Å²) in [6.45, 7) is 3.10. The normalized spacial score (nSPS) is 19.3. The number of ether oxygens (including phenoxy) is 1. The number of nitrogens with one attached hydrogen (secondary N) is 2. The van der Waals surface area contributed by atoms with Gasteiger partial charge in [0.05, 0.1) is 12.8 Å². The SMILES string of the molecule is CCOC(=O)Cn1c(Cl)cnc(NC2CNCC2c2ccccn2)c1=O. The molecule has 1 aliphatic rings. The number of aromatic nitrogens is 3. The van der Waals surface area contributed by atoms with Crippen LogP contribution in [0.25, 0.3) is 0 Å². The first kappa shape index (κ1) is 18.3. The van der Waals surface area contributed by atoms with E-state index in [4.69, 9.17) is 16.3 Å². The number of rotatable bonds is 6. The van der Waals surface area contributed by atoms with E-state index in [2.05, 4.69) is 20.6 Å². The van der Waals surface area contributed by atoms with Crippen LogP contribution in [0, 0.1) is 0 Å². The maximum absolute atomic E-state index is 12.7. The Morgan fingerprint density at radius 3 is 3.00 bits per heavy atom. The molecule has 2 aromatic rings. The quantitative estimate of drug-likeness (QED) is 0.725. The van der Waals surface area contributed by atoms with Crippen molar-refractivity contribution in [2.75, 3.05) is 25.0 Å². The monoisotopic (exact) mass is 377 g/mol. The third-order valence-corrected chi connectivity index (χ3v) is 4.50. The fourth-order valence-electron chi connectivity index (χ4n) is 2.96. The van der Waals surface area contributed by atoms with Crippen molar-refractivity contribution in [1.82, 2.24) is 19.9 Å². The average molecular weight is 378 g/mol. The van der Waals surface area contributed by atoms with Gasteiger partial charge in [0.1, 0.15) is 11.7 Å². The fourth-order valence-corrected chi connectivity index (χ4v) is 3.15. The molecule has 2 unspecified atom stereocenters. The average Bonchev–Trinajstić information content (AvgIpc) is 3.10. The van der Waals surface area contributed by atoms with Crippen LogP contribution in [-0.4, -0.2) is 46.2 Å². The van der Waals surface area contributed by atoms with Gasteiger partial charge in [-0.3, -0.25) is 19.1 Å². The number of nitrogens with zero attached hydrogens (tertiary/aromatic N) is 3. The molecule has 0 aromatic carbocycles. The Kier molecular flexibility index (Phi) is 5.85. The van der Waals surface area contributed by atoms with Gasteiger partial charge in [-0.05, 0) is 19.1 Å². The number of anilines is 1. The zero-order valence-electron chi connectivity index (χ0n) is 14.3. The Labute approximate surface area is 155 Å². The molecule has 1 saturated heterocycles. The number of pyridine rings is 1. The lowest BCUT2D eigenvalue weighted by molar-refractivity contribution is -0.143. The number of halogens is 1. The second-order valence-electron chi connectivity index (χ2n) is 5.90. The summed E-state index contributed by atoms with van der Waals surface area (Å²) in [6.07, 6.45) is 3.10. The smallest absolute Gasteiger partial charge is 0.326 e. The van der Waals surface area contributed by atoms with Crippen LogP contribution in [0.1, 0.15) is 18.5 Å². The number of hydrogen-bond acceptors (Lipinski definition) is 7. The third-order valence-electron chi connectivity index (χ3n) is 4.20. The molecule has 0 radical (unpaired) electrons. The molecule has 1 aliphatic heterocycles. The number of esters is 1. The predicted molar refractivity (Wildman–Crippen MR) is 97.4 cm³/mol. The molecule has 26 heavy (non-hydrogen) atoms. The molecule has 2 aromatic heterocycles. The van der Waals surface area contributed by atoms with Crippen molar-refractivity contribution in [3.05, 3.63) is 51.8 Å². The van der Waals surface area contributed by atoms with Crippen molar-refractivity contribution < 1.29 is 9.53 Å². The lowest BCUT2D eigenvalue weighted by Gasteiger charge is -2.20. The van der Waals surface area contributed by atoms with Gasteiger partial charge in [-0.25, -0.2) is 4.98 Å². The molecule has 0 spiro atoms. The zero-order chi connectivity index (χ0) is 18.5.